The molecule has 202 valence electrons. The number of halogens is 1. The SMILES string of the molecule is CNCCCN(C(C)=O)c1ccc(N/C(=C2\C(=O)Nc3cc(Cl)ccc32)c2cccc(CCC(=O)O)c2)cc1. The molecule has 4 N–H and O–H groups in total. The molecule has 8 nitrogen and oxygen atoms in total. The highest BCUT2D eigenvalue weighted by Gasteiger charge is 2.29. The molecule has 3 aromatic rings. The molecule has 0 aromatic heterocycles. The summed E-state index contributed by atoms with van der Waals surface area (Å²) in [6.45, 7) is 2.95. The van der Waals surface area contributed by atoms with Gasteiger partial charge in [-0.3, -0.25) is 14.4 Å². The molecule has 0 fully saturated rings. The summed E-state index contributed by atoms with van der Waals surface area (Å²) >= 11 is 6.17. The Balaban J connectivity index is 1.73. The third-order valence-electron chi connectivity index (χ3n) is 6.46. The molecular formula is C30H31ClN4O4. The molecule has 1 heterocycles. The first-order valence-corrected chi connectivity index (χ1v) is 13.1. The van der Waals surface area contributed by atoms with Crippen molar-refractivity contribution in [1.29, 1.82) is 0 Å². The Labute approximate surface area is 232 Å². The average Bonchev–Trinajstić information content (AvgIpc) is 3.23. The fourth-order valence-corrected chi connectivity index (χ4v) is 4.73. The summed E-state index contributed by atoms with van der Waals surface area (Å²) in [5, 5.41) is 19.1. The number of anilines is 3. The number of fused-ring (bicyclic) bond motifs is 1. The van der Waals surface area contributed by atoms with E-state index in [1.807, 2.05) is 55.6 Å². The van der Waals surface area contributed by atoms with Crippen LogP contribution < -0.4 is 20.9 Å². The molecule has 0 bridgehead atoms. The third kappa shape index (κ3) is 6.85. The second kappa shape index (κ2) is 12.6. The number of rotatable bonds is 11. The van der Waals surface area contributed by atoms with Gasteiger partial charge in [-0.15, -0.1) is 0 Å². The van der Waals surface area contributed by atoms with Crippen LogP contribution in [0.5, 0.6) is 0 Å². The van der Waals surface area contributed by atoms with Gasteiger partial charge in [-0.05, 0) is 80.0 Å². The van der Waals surface area contributed by atoms with Crippen LogP contribution in [-0.2, 0) is 20.8 Å². The van der Waals surface area contributed by atoms with Crippen LogP contribution >= 0.6 is 11.6 Å². The number of hydrogen-bond donors (Lipinski definition) is 4. The fourth-order valence-electron chi connectivity index (χ4n) is 4.56. The summed E-state index contributed by atoms with van der Waals surface area (Å²) in [4.78, 5) is 38.3. The quantitative estimate of drug-likeness (QED) is 0.193. The highest BCUT2D eigenvalue weighted by Crippen LogP contribution is 2.39. The first-order chi connectivity index (χ1) is 18.8. The van der Waals surface area contributed by atoms with Crippen molar-refractivity contribution in [3.8, 4) is 0 Å². The number of aliphatic carboxylic acids is 1. The van der Waals surface area contributed by atoms with E-state index in [4.69, 9.17) is 16.7 Å². The summed E-state index contributed by atoms with van der Waals surface area (Å²) in [6.07, 6.45) is 1.20. The Morgan fingerprint density at radius 2 is 1.82 bits per heavy atom. The van der Waals surface area contributed by atoms with E-state index >= 15 is 0 Å². The number of benzene rings is 3. The molecule has 0 spiro atoms. The number of carboxylic acids is 1. The van der Waals surface area contributed by atoms with Crippen LogP contribution in [0.1, 0.15) is 36.5 Å². The zero-order valence-electron chi connectivity index (χ0n) is 21.9. The van der Waals surface area contributed by atoms with E-state index in [0.717, 1.165) is 35.5 Å². The highest BCUT2D eigenvalue weighted by molar-refractivity contribution is 6.38. The summed E-state index contributed by atoms with van der Waals surface area (Å²) < 4.78 is 0. The lowest BCUT2D eigenvalue weighted by Crippen LogP contribution is -2.31. The van der Waals surface area contributed by atoms with Gasteiger partial charge in [-0.2, -0.15) is 0 Å². The molecule has 9 heteroatoms. The van der Waals surface area contributed by atoms with Crippen molar-refractivity contribution in [3.63, 3.8) is 0 Å². The predicted octanol–water partition coefficient (Wildman–Crippen LogP) is 5.25. The highest BCUT2D eigenvalue weighted by atomic mass is 35.5. The lowest BCUT2D eigenvalue weighted by molar-refractivity contribution is -0.137. The molecule has 2 amide bonds. The van der Waals surface area contributed by atoms with Crippen LogP contribution in [-0.4, -0.2) is 43.0 Å². The number of nitrogens with one attached hydrogen (secondary N) is 3. The maximum atomic E-state index is 13.2. The van der Waals surface area contributed by atoms with Crippen molar-refractivity contribution in [2.24, 2.45) is 0 Å². The fraction of sp³-hybridized carbons (Fsp3) is 0.233. The Morgan fingerprint density at radius 1 is 1.05 bits per heavy atom. The van der Waals surface area contributed by atoms with Gasteiger partial charge in [0.2, 0.25) is 5.91 Å². The van der Waals surface area contributed by atoms with E-state index in [0.29, 0.717) is 40.5 Å². The first-order valence-electron chi connectivity index (χ1n) is 12.7. The van der Waals surface area contributed by atoms with Crippen molar-refractivity contribution < 1.29 is 19.5 Å². The van der Waals surface area contributed by atoms with Crippen molar-refractivity contribution >= 4 is 57.7 Å². The zero-order valence-corrected chi connectivity index (χ0v) is 22.6. The summed E-state index contributed by atoms with van der Waals surface area (Å²) in [7, 11) is 1.88. The molecular weight excluding hydrogens is 516 g/mol. The van der Waals surface area contributed by atoms with Crippen LogP contribution in [0.4, 0.5) is 17.1 Å². The van der Waals surface area contributed by atoms with Gasteiger partial charge < -0.3 is 26.0 Å². The van der Waals surface area contributed by atoms with Crippen LogP contribution in [0.25, 0.3) is 11.3 Å². The molecule has 0 saturated heterocycles. The Hall–Kier alpha value is -4.14. The van der Waals surface area contributed by atoms with Gasteiger partial charge in [0.15, 0.2) is 0 Å². The maximum Gasteiger partial charge on any atom is 0.303 e. The molecule has 4 rings (SSSR count). The van der Waals surface area contributed by atoms with Crippen LogP contribution in [0.2, 0.25) is 5.02 Å². The number of carbonyl (C=O) groups excluding carboxylic acids is 2. The van der Waals surface area contributed by atoms with Gasteiger partial charge >= 0.3 is 5.97 Å². The third-order valence-corrected chi connectivity index (χ3v) is 6.69. The van der Waals surface area contributed by atoms with Crippen LogP contribution in [0.15, 0.2) is 66.7 Å². The van der Waals surface area contributed by atoms with Gasteiger partial charge in [0.05, 0.1) is 17.0 Å². The van der Waals surface area contributed by atoms with Gasteiger partial charge in [0.1, 0.15) is 0 Å². The van der Waals surface area contributed by atoms with Crippen molar-refractivity contribution in [2.45, 2.75) is 26.2 Å². The number of carbonyl (C=O) groups is 3. The molecule has 3 aromatic carbocycles. The van der Waals surface area contributed by atoms with Crippen molar-refractivity contribution in [2.75, 3.05) is 35.7 Å². The number of nitrogens with zero attached hydrogens (tertiary/aromatic N) is 1. The Kier molecular flexibility index (Phi) is 9.01. The standard InChI is InChI=1S/C30H31ClN4O4/c1-19(36)35(16-4-15-32-2)24-11-9-23(10-12-24)33-29(21-6-3-5-20(17-21)7-14-27(37)38)28-25-13-8-22(31)18-26(25)34-30(28)39/h3,5-6,8-13,17-18,32-33H,4,7,14-16H2,1-2H3,(H,34,39)(H,37,38)/b29-28-. The summed E-state index contributed by atoms with van der Waals surface area (Å²) in [5.74, 6) is -1.18. The molecule has 0 aliphatic carbocycles. The van der Waals surface area contributed by atoms with E-state index in [9.17, 15) is 14.4 Å². The second-order valence-electron chi connectivity index (χ2n) is 9.29. The largest absolute Gasteiger partial charge is 0.481 e. The Morgan fingerprint density at radius 3 is 2.51 bits per heavy atom. The van der Waals surface area contributed by atoms with Gasteiger partial charge in [-0.1, -0.05) is 35.9 Å². The van der Waals surface area contributed by atoms with E-state index in [2.05, 4.69) is 16.0 Å². The summed E-state index contributed by atoms with van der Waals surface area (Å²) in [6, 6.07) is 20.2. The molecule has 0 atom stereocenters. The van der Waals surface area contributed by atoms with Crippen molar-refractivity contribution in [3.05, 3.63) is 88.4 Å². The van der Waals surface area contributed by atoms with E-state index in [1.165, 1.54) is 0 Å². The normalized spacial score (nSPS) is 13.5. The van der Waals surface area contributed by atoms with Gasteiger partial charge in [-0.25, -0.2) is 0 Å². The predicted molar refractivity (Wildman–Crippen MR) is 156 cm³/mol. The minimum atomic E-state index is -0.872. The first kappa shape index (κ1) is 27.9. The molecule has 0 radical (unpaired) electrons. The molecule has 0 saturated carbocycles. The Bertz CT molecular complexity index is 1420. The van der Waals surface area contributed by atoms with Gasteiger partial charge in [0.25, 0.3) is 5.91 Å². The minimum absolute atomic E-state index is 0.00698. The lowest BCUT2D eigenvalue weighted by atomic mass is 9.97. The number of aryl methyl sites for hydroxylation is 1. The average molecular weight is 547 g/mol. The molecule has 0 unspecified atom stereocenters. The minimum Gasteiger partial charge on any atom is -0.481 e. The number of amides is 2. The number of carboxylic acid groups (broad SMARTS) is 1. The smallest absolute Gasteiger partial charge is 0.303 e. The number of hydrogen-bond acceptors (Lipinski definition) is 5. The van der Waals surface area contributed by atoms with E-state index in [1.54, 1.807) is 30.0 Å². The van der Waals surface area contributed by atoms with Gasteiger partial charge in [0, 0.05) is 41.9 Å². The van der Waals surface area contributed by atoms with Crippen molar-refractivity contribution in [1.82, 2.24) is 5.32 Å². The molecule has 39 heavy (non-hydrogen) atoms. The monoisotopic (exact) mass is 546 g/mol. The second-order valence-corrected chi connectivity index (χ2v) is 9.72. The van der Waals surface area contributed by atoms with Crippen LogP contribution in [0, 0.1) is 0 Å². The maximum absolute atomic E-state index is 13.2. The topological polar surface area (TPSA) is 111 Å². The van der Waals surface area contributed by atoms with E-state index < -0.39 is 5.97 Å². The van der Waals surface area contributed by atoms with Crippen LogP contribution in [0.3, 0.4) is 0 Å². The molecule has 1 aliphatic rings. The zero-order chi connectivity index (χ0) is 27.9. The molecule has 1 aliphatic heterocycles. The lowest BCUT2D eigenvalue weighted by Gasteiger charge is -2.22. The van der Waals surface area contributed by atoms with E-state index in [-0.39, 0.29) is 18.2 Å². The summed E-state index contributed by atoms with van der Waals surface area (Å²) in [5.41, 5.74) is 5.48.